The lowest BCUT2D eigenvalue weighted by molar-refractivity contribution is -0.146. The monoisotopic (exact) mass is 273 g/mol. The summed E-state index contributed by atoms with van der Waals surface area (Å²) in [6.45, 7) is 2.07. The number of hydrogen-bond donors (Lipinski definition) is 3. The van der Waals surface area contributed by atoms with Gasteiger partial charge in [-0.25, -0.2) is 4.79 Å². The summed E-state index contributed by atoms with van der Waals surface area (Å²) in [6, 6.07) is 0. The molecule has 0 unspecified atom stereocenters. The van der Waals surface area contributed by atoms with E-state index in [-0.39, 0.29) is 18.9 Å². The van der Waals surface area contributed by atoms with Crippen molar-refractivity contribution in [3.8, 4) is 0 Å². The van der Waals surface area contributed by atoms with Crippen LogP contribution in [0, 0.1) is 0 Å². The van der Waals surface area contributed by atoms with Crippen molar-refractivity contribution < 1.29 is 19.8 Å². The number of carbonyl (C=O) groups is 2. The molecular formula is C10H15N3O4S. The third-order valence-corrected chi connectivity index (χ3v) is 3.00. The third-order valence-electron chi connectivity index (χ3n) is 2.24. The number of carbonyl (C=O) groups excluding carboxylic acids is 1. The fraction of sp³-hybridized carbons (Fsp3) is 0.600. The summed E-state index contributed by atoms with van der Waals surface area (Å²) in [4.78, 5) is 22.6. The van der Waals surface area contributed by atoms with Crippen molar-refractivity contribution in [1.82, 2.24) is 14.9 Å². The molecule has 3 N–H and O–H groups in total. The minimum atomic E-state index is -1.46. The molecule has 100 valence electrons. The summed E-state index contributed by atoms with van der Waals surface area (Å²) in [7, 11) is 0. The first-order valence-electron chi connectivity index (χ1n) is 5.56. The van der Waals surface area contributed by atoms with Crippen LogP contribution in [0.2, 0.25) is 0 Å². The number of aliphatic carboxylic acids is 1. The van der Waals surface area contributed by atoms with Gasteiger partial charge < -0.3 is 15.5 Å². The molecule has 0 aromatic carbocycles. The van der Waals surface area contributed by atoms with E-state index in [1.54, 1.807) is 0 Å². The molecule has 0 aliphatic rings. The molecule has 0 bridgehead atoms. The van der Waals surface area contributed by atoms with Gasteiger partial charge in [-0.3, -0.25) is 4.79 Å². The molecule has 1 atom stereocenters. The van der Waals surface area contributed by atoms with Crippen LogP contribution in [0.4, 0.5) is 0 Å². The number of aliphatic hydroxyl groups is 1. The molecule has 1 aromatic heterocycles. The van der Waals surface area contributed by atoms with Gasteiger partial charge in [-0.2, -0.15) is 0 Å². The van der Waals surface area contributed by atoms with Crippen molar-refractivity contribution in [3.05, 3.63) is 10.6 Å². The maximum atomic E-state index is 11.7. The summed E-state index contributed by atoms with van der Waals surface area (Å²) >= 11 is 1.01. The molecule has 0 radical (unpaired) electrons. The summed E-state index contributed by atoms with van der Waals surface area (Å²) in [5.41, 5.74) is 0.652. The summed E-state index contributed by atoms with van der Waals surface area (Å²) in [5.74, 6) is -1.62. The quantitative estimate of drug-likeness (QED) is 0.647. The minimum absolute atomic E-state index is 0.0313. The molecule has 8 heteroatoms. The molecule has 18 heavy (non-hydrogen) atoms. The fourth-order valence-electron chi connectivity index (χ4n) is 1.31. The molecular weight excluding hydrogens is 258 g/mol. The van der Waals surface area contributed by atoms with Crippen LogP contribution >= 0.6 is 11.5 Å². The highest BCUT2D eigenvalue weighted by Crippen LogP contribution is 2.12. The molecule has 0 saturated carbocycles. The summed E-state index contributed by atoms with van der Waals surface area (Å²) in [5, 5.41) is 23.9. The number of nitrogens with zero attached hydrogens (tertiary/aromatic N) is 2. The van der Waals surface area contributed by atoms with Crippen molar-refractivity contribution in [2.45, 2.75) is 32.3 Å². The minimum Gasteiger partial charge on any atom is -0.479 e. The van der Waals surface area contributed by atoms with Gasteiger partial charge in [0, 0.05) is 13.0 Å². The molecule has 1 heterocycles. The molecule has 1 aromatic rings. The second-order valence-electron chi connectivity index (χ2n) is 3.70. The zero-order chi connectivity index (χ0) is 13.5. The molecule has 7 nitrogen and oxygen atoms in total. The zero-order valence-corrected chi connectivity index (χ0v) is 10.7. The van der Waals surface area contributed by atoms with Gasteiger partial charge in [-0.1, -0.05) is 17.8 Å². The van der Waals surface area contributed by atoms with E-state index < -0.39 is 12.1 Å². The SMILES string of the molecule is CCCc1nnsc1C(=O)NCC[C@H](O)C(=O)O. The number of aryl methyl sites for hydroxylation is 1. The van der Waals surface area contributed by atoms with Crippen molar-refractivity contribution in [2.75, 3.05) is 6.54 Å². The topological polar surface area (TPSA) is 112 Å². The molecule has 1 amide bonds. The molecule has 0 spiro atoms. The Morgan fingerprint density at radius 1 is 1.50 bits per heavy atom. The van der Waals surface area contributed by atoms with Gasteiger partial charge in [-0.15, -0.1) is 5.10 Å². The largest absolute Gasteiger partial charge is 0.479 e. The van der Waals surface area contributed by atoms with Gasteiger partial charge >= 0.3 is 5.97 Å². The number of aromatic nitrogens is 2. The molecule has 0 aliphatic heterocycles. The van der Waals surface area contributed by atoms with Crippen LogP contribution in [0.1, 0.15) is 35.1 Å². The lowest BCUT2D eigenvalue weighted by atomic mass is 10.2. The molecule has 0 aliphatic carbocycles. The number of carboxylic acids is 1. The van der Waals surface area contributed by atoms with Crippen LogP contribution in [0.5, 0.6) is 0 Å². The van der Waals surface area contributed by atoms with Gasteiger partial charge in [0.15, 0.2) is 6.10 Å². The van der Waals surface area contributed by atoms with E-state index in [4.69, 9.17) is 10.2 Å². The Morgan fingerprint density at radius 2 is 2.22 bits per heavy atom. The first-order chi connectivity index (χ1) is 8.56. The van der Waals surface area contributed by atoms with E-state index in [9.17, 15) is 9.59 Å². The van der Waals surface area contributed by atoms with E-state index in [2.05, 4.69) is 14.9 Å². The van der Waals surface area contributed by atoms with E-state index in [0.29, 0.717) is 17.0 Å². The maximum absolute atomic E-state index is 11.7. The Bertz CT molecular complexity index is 421. The summed E-state index contributed by atoms with van der Waals surface area (Å²) < 4.78 is 3.72. The zero-order valence-electron chi connectivity index (χ0n) is 9.92. The van der Waals surface area contributed by atoms with E-state index in [0.717, 1.165) is 18.0 Å². The Labute approximate surface area is 108 Å². The average Bonchev–Trinajstić information content (AvgIpc) is 2.77. The number of aliphatic hydroxyl groups excluding tert-OH is 1. The lowest BCUT2D eigenvalue weighted by Crippen LogP contribution is -2.30. The van der Waals surface area contributed by atoms with Gasteiger partial charge in [0.2, 0.25) is 0 Å². The van der Waals surface area contributed by atoms with Crippen molar-refractivity contribution in [2.24, 2.45) is 0 Å². The van der Waals surface area contributed by atoms with Crippen LogP contribution in [0.25, 0.3) is 0 Å². The fourth-order valence-corrected chi connectivity index (χ4v) is 1.93. The molecule has 0 fully saturated rings. The highest BCUT2D eigenvalue weighted by atomic mass is 32.1. The predicted octanol–water partition coefficient (Wildman–Crippen LogP) is 0.0560. The first-order valence-corrected chi connectivity index (χ1v) is 6.33. The highest BCUT2D eigenvalue weighted by Gasteiger charge is 2.17. The Kier molecular flexibility index (Phi) is 5.66. The number of amides is 1. The standard InChI is InChI=1S/C10H15N3O4S/c1-2-3-6-8(18-13-12-6)9(15)11-5-4-7(14)10(16)17/h7,14H,2-5H2,1H3,(H,11,15)(H,16,17)/t7-/m0/s1. The van der Waals surface area contributed by atoms with Crippen molar-refractivity contribution >= 4 is 23.4 Å². The van der Waals surface area contributed by atoms with Crippen LogP contribution in [0.3, 0.4) is 0 Å². The number of nitrogens with one attached hydrogen (secondary N) is 1. The van der Waals surface area contributed by atoms with Gasteiger partial charge in [-0.05, 0) is 18.0 Å². The van der Waals surface area contributed by atoms with Crippen LogP contribution in [-0.4, -0.2) is 44.3 Å². The normalized spacial score (nSPS) is 12.1. The number of rotatable bonds is 7. The van der Waals surface area contributed by atoms with Crippen LogP contribution < -0.4 is 5.32 Å². The number of hydrogen-bond acceptors (Lipinski definition) is 6. The van der Waals surface area contributed by atoms with Crippen molar-refractivity contribution in [1.29, 1.82) is 0 Å². The Morgan fingerprint density at radius 3 is 2.83 bits per heavy atom. The second kappa shape index (κ2) is 7.02. The maximum Gasteiger partial charge on any atom is 0.332 e. The first kappa shape index (κ1) is 14.5. The highest BCUT2D eigenvalue weighted by molar-refractivity contribution is 7.08. The average molecular weight is 273 g/mol. The van der Waals surface area contributed by atoms with Gasteiger partial charge in [0.05, 0.1) is 5.69 Å². The van der Waals surface area contributed by atoms with Gasteiger partial charge in [0.1, 0.15) is 4.88 Å². The Balaban J connectivity index is 2.45. The Hall–Kier alpha value is -1.54. The number of carboxylic acid groups (broad SMARTS) is 1. The van der Waals surface area contributed by atoms with Crippen molar-refractivity contribution in [3.63, 3.8) is 0 Å². The molecule has 1 rings (SSSR count). The van der Waals surface area contributed by atoms with Crippen LogP contribution in [-0.2, 0) is 11.2 Å². The van der Waals surface area contributed by atoms with E-state index in [1.807, 2.05) is 6.92 Å². The smallest absolute Gasteiger partial charge is 0.332 e. The predicted molar refractivity (Wildman–Crippen MR) is 64.5 cm³/mol. The van der Waals surface area contributed by atoms with E-state index in [1.165, 1.54) is 0 Å². The van der Waals surface area contributed by atoms with E-state index >= 15 is 0 Å². The third kappa shape index (κ3) is 4.04. The van der Waals surface area contributed by atoms with Gasteiger partial charge in [0.25, 0.3) is 5.91 Å². The summed E-state index contributed by atoms with van der Waals surface area (Å²) in [6.07, 6.45) is 0.0524. The van der Waals surface area contributed by atoms with Crippen LogP contribution in [0.15, 0.2) is 0 Å². The second-order valence-corrected chi connectivity index (χ2v) is 4.45. The lowest BCUT2D eigenvalue weighted by Gasteiger charge is -2.06. The molecule has 0 saturated heterocycles.